The van der Waals surface area contributed by atoms with E-state index in [9.17, 15) is 22.8 Å². The van der Waals surface area contributed by atoms with Crippen molar-refractivity contribution >= 4 is 23.6 Å². The van der Waals surface area contributed by atoms with Gasteiger partial charge in [0.05, 0.1) is 0 Å². The number of unbranched alkanes of at least 4 members (excludes halogenated alkanes) is 5. The van der Waals surface area contributed by atoms with Crippen LogP contribution in [0.25, 0.3) is 0 Å². The number of alkyl halides is 3. The maximum Gasteiger partial charge on any atom is 0.422 e. The van der Waals surface area contributed by atoms with Crippen LogP contribution in [0.3, 0.4) is 0 Å². The zero-order chi connectivity index (χ0) is 31.6. The van der Waals surface area contributed by atoms with Crippen molar-refractivity contribution in [1.82, 2.24) is 20.3 Å². The second-order valence-corrected chi connectivity index (χ2v) is 10.5. The number of hydrogen-bond donors (Lipinski definition) is 3. The summed E-state index contributed by atoms with van der Waals surface area (Å²) in [7, 11) is 1.53. The molecule has 44 heavy (non-hydrogen) atoms. The number of rotatable bonds is 20. The molecule has 0 spiro atoms. The van der Waals surface area contributed by atoms with E-state index in [1.807, 2.05) is 42.5 Å². The molecule has 0 aliphatic carbocycles. The molecule has 3 aromatic rings. The zero-order valence-corrected chi connectivity index (χ0v) is 25.1. The zero-order valence-electron chi connectivity index (χ0n) is 25.1. The molecule has 0 unspecified atom stereocenters. The topological polar surface area (TPSA) is 118 Å². The Balaban J connectivity index is 1.27. The minimum atomic E-state index is -4.51. The van der Waals surface area contributed by atoms with Gasteiger partial charge in [0.25, 0.3) is 0 Å². The van der Waals surface area contributed by atoms with E-state index in [0.29, 0.717) is 38.1 Å². The van der Waals surface area contributed by atoms with E-state index in [1.54, 1.807) is 0 Å². The van der Waals surface area contributed by atoms with Crippen LogP contribution < -0.4 is 20.7 Å². The van der Waals surface area contributed by atoms with Gasteiger partial charge in [0, 0.05) is 39.4 Å². The first-order valence-electron chi connectivity index (χ1n) is 15.0. The molecule has 1 aromatic heterocycles. The summed E-state index contributed by atoms with van der Waals surface area (Å²) in [6, 6.07) is 17.2. The highest BCUT2D eigenvalue weighted by atomic mass is 19.4. The molecule has 1 amide bonds. The molecule has 0 saturated carbocycles. The van der Waals surface area contributed by atoms with E-state index < -0.39 is 18.8 Å². The highest BCUT2D eigenvalue weighted by Crippen LogP contribution is 2.18. The van der Waals surface area contributed by atoms with E-state index in [-0.39, 0.29) is 17.8 Å². The van der Waals surface area contributed by atoms with Gasteiger partial charge < -0.3 is 20.7 Å². The van der Waals surface area contributed by atoms with Crippen LogP contribution in [0.15, 0.2) is 54.6 Å². The minimum absolute atomic E-state index is 0.00583. The van der Waals surface area contributed by atoms with E-state index >= 15 is 0 Å². The lowest BCUT2D eigenvalue weighted by Crippen LogP contribution is -2.22. The number of benzene rings is 2. The Morgan fingerprint density at radius 1 is 0.750 bits per heavy atom. The molecule has 0 saturated heterocycles. The molecule has 2 aromatic carbocycles. The fraction of sp³-hybridized carbons (Fsp3) is 0.469. The van der Waals surface area contributed by atoms with Crippen molar-refractivity contribution in [2.45, 2.75) is 83.5 Å². The second kappa shape index (κ2) is 18.4. The molecule has 0 radical (unpaired) electrons. The number of aromatic nitrogens is 3. The van der Waals surface area contributed by atoms with Gasteiger partial charge in [-0.2, -0.15) is 28.1 Å². The van der Waals surface area contributed by atoms with Crippen molar-refractivity contribution < 1.29 is 27.5 Å². The Morgan fingerprint density at radius 2 is 1.39 bits per heavy atom. The number of carbonyl (C=O) groups excluding carboxylic acids is 2. The third kappa shape index (κ3) is 14.3. The lowest BCUT2D eigenvalue weighted by molar-refractivity contribution is -0.154. The Bertz CT molecular complexity index is 1310. The third-order valence-electron chi connectivity index (χ3n) is 6.78. The maximum atomic E-state index is 12.5. The summed E-state index contributed by atoms with van der Waals surface area (Å²) >= 11 is 0. The number of amides is 1. The molecular weight excluding hydrogens is 573 g/mol. The van der Waals surface area contributed by atoms with Crippen LogP contribution in [0.4, 0.5) is 25.1 Å². The van der Waals surface area contributed by atoms with E-state index in [0.717, 1.165) is 56.1 Å². The summed E-state index contributed by atoms with van der Waals surface area (Å²) in [4.78, 5) is 36.2. The number of ketones is 1. The van der Waals surface area contributed by atoms with Gasteiger partial charge in [-0.3, -0.25) is 9.59 Å². The average Bonchev–Trinajstić information content (AvgIpc) is 3.02. The average molecular weight is 615 g/mol. The van der Waals surface area contributed by atoms with Crippen LogP contribution in [0.5, 0.6) is 6.01 Å². The van der Waals surface area contributed by atoms with E-state index in [2.05, 4.69) is 47.8 Å². The monoisotopic (exact) mass is 614 g/mol. The van der Waals surface area contributed by atoms with Crippen LogP contribution in [0.1, 0.15) is 74.5 Å². The number of ether oxygens (including phenoxy) is 1. The van der Waals surface area contributed by atoms with Gasteiger partial charge in [-0.05, 0) is 36.0 Å². The molecular formula is C32H41F3N6O3. The molecule has 0 atom stereocenters. The molecule has 0 bridgehead atoms. The summed E-state index contributed by atoms with van der Waals surface area (Å²) in [6.45, 7) is -0.821. The molecule has 12 heteroatoms. The Hall–Kier alpha value is -4.22. The van der Waals surface area contributed by atoms with Crippen molar-refractivity contribution in [3.05, 3.63) is 71.3 Å². The highest BCUT2D eigenvalue weighted by molar-refractivity contribution is 5.78. The second-order valence-electron chi connectivity index (χ2n) is 10.5. The highest BCUT2D eigenvalue weighted by Gasteiger charge is 2.29. The van der Waals surface area contributed by atoms with Gasteiger partial charge in [0.15, 0.2) is 6.61 Å². The van der Waals surface area contributed by atoms with E-state index in [4.69, 9.17) is 0 Å². The quantitative estimate of drug-likeness (QED) is 0.125. The molecule has 3 N–H and O–H groups in total. The normalized spacial score (nSPS) is 11.2. The fourth-order valence-corrected chi connectivity index (χ4v) is 4.45. The lowest BCUT2D eigenvalue weighted by Gasteiger charge is -2.11. The molecule has 0 aliphatic rings. The van der Waals surface area contributed by atoms with Gasteiger partial charge in [0.2, 0.25) is 17.8 Å². The Labute approximate surface area is 256 Å². The summed E-state index contributed by atoms with van der Waals surface area (Å²) in [5, 5.41) is 8.58. The van der Waals surface area contributed by atoms with Gasteiger partial charge in [-0.25, -0.2) is 0 Å². The van der Waals surface area contributed by atoms with E-state index in [1.165, 1.54) is 12.6 Å². The molecule has 1 heterocycles. The summed E-state index contributed by atoms with van der Waals surface area (Å²) < 4.78 is 42.1. The number of Topliss-reactive ketones (excluding diaryl/α,β-unsaturated/α-hetero) is 1. The Kier molecular flexibility index (Phi) is 14.4. The molecule has 9 nitrogen and oxygen atoms in total. The first-order chi connectivity index (χ1) is 21.2. The van der Waals surface area contributed by atoms with Crippen molar-refractivity contribution in [3.63, 3.8) is 0 Å². The number of hydrogen-bond acceptors (Lipinski definition) is 8. The number of anilines is 2. The number of aryl methyl sites for hydroxylation is 1. The van der Waals surface area contributed by atoms with Crippen molar-refractivity contribution in [1.29, 1.82) is 0 Å². The van der Waals surface area contributed by atoms with Gasteiger partial charge in [-0.15, -0.1) is 0 Å². The van der Waals surface area contributed by atoms with Gasteiger partial charge in [-0.1, -0.05) is 80.3 Å². The largest absolute Gasteiger partial charge is 0.454 e. The van der Waals surface area contributed by atoms with Crippen molar-refractivity contribution in [2.24, 2.45) is 0 Å². The number of halogens is 3. The molecule has 238 valence electrons. The summed E-state index contributed by atoms with van der Waals surface area (Å²) in [6.07, 6.45) is 3.87. The minimum Gasteiger partial charge on any atom is -0.454 e. The lowest BCUT2D eigenvalue weighted by atomic mass is 10.0. The third-order valence-corrected chi connectivity index (χ3v) is 6.78. The van der Waals surface area contributed by atoms with Gasteiger partial charge >= 0.3 is 12.2 Å². The van der Waals surface area contributed by atoms with Crippen LogP contribution in [0.2, 0.25) is 0 Å². The predicted molar refractivity (Wildman–Crippen MR) is 163 cm³/mol. The number of carbonyl (C=O) groups is 2. The van der Waals surface area contributed by atoms with Crippen LogP contribution in [-0.2, 0) is 29.1 Å². The summed E-state index contributed by atoms with van der Waals surface area (Å²) in [5.41, 5.74) is 2.99. The number of nitrogens with one attached hydrogen (secondary N) is 3. The first-order valence-corrected chi connectivity index (χ1v) is 15.0. The predicted octanol–water partition coefficient (Wildman–Crippen LogP) is 6.41. The van der Waals surface area contributed by atoms with Crippen LogP contribution in [0, 0.1) is 0 Å². The fourth-order valence-electron chi connectivity index (χ4n) is 4.45. The molecule has 0 aliphatic heterocycles. The van der Waals surface area contributed by atoms with Crippen LogP contribution >= 0.6 is 0 Å². The maximum absolute atomic E-state index is 12.5. The number of nitrogens with zero attached hydrogens (tertiary/aromatic N) is 3. The Morgan fingerprint density at radius 3 is 2.09 bits per heavy atom. The van der Waals surface area contributed by atoms with Crippen LogP contribution in [-0.4, -0.2) is 46.5 Å². The summed E-state index contributed by atoms with van der Waals surface area (Å²) in [5.74, 6) is 0.448. The molecule has 3 rings (SSSR count). The standard InChI is InChI=1S/C32H41F3N6O3/c1-36-29-39-30(41-31(40-29)44-23-32(33,34)35)38-22-26-15-11-14-25(20-26)21-37-28(43)17-10-5-3-2-4-9-16-27(42)19-18-24-12-7-6-8-13-24/h6-8,11-15,20H,2-5,9-10,16-19,21-23H2,1H3,(H,37,43)(H2,36,38,39,40,41). The first kappa shape index (κ1) is 34.3. The molecule has 0 fully saturated rings. The SMILES string of the molecule is CNc1nc(NCc2cccc(CNC(=O)CCCCCCCCC(=O)CCc3ccccc3)c2)nc(OCC(F)(F)F)n1. The van der Waals surface area contributed by atoms with Crippen molar-refractivity contribution in [3.8, 4) is 6.01 Å². The van der Waals surface area contributed by atoms with Gasteiger partial charge in [0.1, 0.15) is 5.78 Å². The van der Waals surface area contributed by atoms with Crippen molar-refractivity contribution in [2.75, 3.05) is 24.3 Å². The smallest absolute Gasteiger partial charge is 0.422 e.